The van der Waals surface area contributed by atoms with Gasteiger partial charge in [0.15, 0.2) is 0 Å². The molecule has 2 aromatic rings. The van der Waals surface area contributed by atoms with Crippen LogP contribution in [0.2, 0.25) is 19.6 Å². The Balaban J connectivity index is 1.93. The second-order valence-electron chi connectivity index (χ2n) is 7.75. The van der Waals surface area contributed by atoms with Crippen LogP contribution in [0.5, 0.6) is 0 Å². The van der Waals surface area contributed by atoms with E-state index in [1.807, 2.05) is 34.6 Å². The molecule has 4 rings (SSSR count). The van der Waals surface area contributed by atoms with E-state index in [1.54, 1.807) is 0 Å². The number of hydrogen-bond donors (Lipinski definition) is 0. The lowest BCUT2D eigenvalue weighted by Crippen LogP contribution is -2.44. The summed E-state index contributed by atoms with van der Waals surface area (Å²) in [5, 5.41) is 0. The summed E-state index contributed by atoms with van der Waals surface area (Å²) in [7, 11) is -1.48. The van der Waals surface area contributed by atoms with Crippen molar-refractivity contribution in [1.29, 1.82) is 0 Å². The number of fused-ring (bicyclic) bond motifs is 5. The monoisotopic (exact) mass is 350 g/mol. The van der Waals surface area contributed by atoms with Gasteiger partial charge in [0.1, 0.15) is 13.9 Å². The van der Waals surface area contributed by atoms with Gasteiger partial charge in [-0.2, -0.15) is 0 Å². The average Bonchev–Trinajstić information content (AvgIpc) is 2.84. The number of nitrogens with zero attached hydrogens (tertiary/aromatic N) is 3. The number of benzene rings is 1. The maximum Gasteiger partial charge on any atom is 0.256 e. The highest BCUT2D eigenvalue weighted by Crippen LogP contribution is 2.40. The van der Waals surface area contributed by atoms with Gasteiger partial charge < -0.3 is 4.90 Å². The van der Waals surface area contributed by atoms with Gasteiger partial charge in [-0.15, -0.1) is 5.54 Å². The van der Waals surface area contributed by atoms with Crippen LogP contribution < -0.4 is 0 Å². The Kier molecular flexibility index (Phi) is 3.35. The first-order chi connectivity index (χ1) is 12.3. The molecule has 0 N–H and O–H groups in total. The summed E-state index contributed by atoms with van der Waals surface area (Å²) in [6.45, 7) is 9.40. The van der Waals surface area contributed by atoms with Crippen molar-refractivity contribution in [3.8, 4) is 17.2 Å². The molecule has 2 aliphatic heterocycles. The van der Waals surface area contributed by atoms with Crippen LogP contribution in [0.1, 0.15) is 48.2 Å². The minimum Gasteiger partial charge on any atom is -0.330 e. The molecule has 2 aliphatic rings. The molecule has 1 atom stereocenters. The van der Waals surface area contributed by atoms with E-state index in [-0.39, 0.29) is 11.9 Å². The van der Waals surface area contributed by atoms with Crippen molar-refractivity contribution < 1.29 is 6.17 Å². The lowest BCUT2D eigenvalue weighted by atomic mass is 9.99. The van der Waals surface area contributed by atoms with Gasteiger partial charge in [-0.05, 0) is 24.6 Å². The Labute approximate surface area is 151 Å². The zero-order valence-corrected chi connectivity index (χ0v) is 16.2. The lowest BCUT2D eigenvalue weighted by molar-refractivity contribution is 0.0460. The molecule has 0 aliphatic carbocycles. The van der Waals surface area contributed by atoms with Crippen LogP contribution in [0.15, 0.2) is 24.4 Å². The molecule has 5 heteroatoms. The third kappa shape index (κ3) is 2.61. The predicted molar refractivity (Wildman–Crippen MR) is 102 cm³/mol. The number of imidazole rings is 1. The van der Waals surface area contributed by atoms with Crippen molar-refractivity contribution in [2.75, 3.05) is 6.54 Å². The molecular weight excluding hydrogens is 326 g/mol. The van der Waals surface area contributed by atoms with Crippen molar-refractivity contribution in [2.24, 2.45) is 0 Å². The van der Waals surface area contributed by atoms with E-state index in [2.05, 4.69) is 36.1 Å². The van der Waals surface area contributed by atoms with Crippen LogP contribution in [0.4, 0.5) is 0 Å². The van der Waals surface area contributed by atoms with Crippen LogP contribution in [0.3, 0.4) is 0 Å². The highest BCUT2D eigenvalue weighted by atomic mass is 28.3. The largest absolute Gasteiger partial charge is 0.330 e. The Morgan fingerprint density at radius 1 is 1.40 bits per heavy atom. The maximum absolute atomic E-state index is 13.1. The third-order valence-corrected chi connectivity index (χ3v) is 5.64. The minimum atomic E-state index is -1.48. The van der Waals surface area contributed by atoms with E-state index < -0.39 is 8.07 Å². The van der Waals surface area contributed by atoms with E-state index in [4.69, 9.17) is 1.37 Å². The van der Waals surface area contributed by atoms with Crippen LogP contribution in [-0.4, -0.2) is 35.0 Å². The summed E-state index contributed by atoms with van der Waals surface area (Å²) in [5.41, 5.74) is 6.60. The fraction of sp³-hybridized carbons (Fsp3) is 0.400. The normalized spacial score (nSPS) is 18.9. The molecule has 25 heavy (non-hydrogen) atoms. The molecule has 0 bridgehead atoms. The van der Waals surface area contributed by atoms with Crippen molar-refractivity contribution in [2.45, 2.75) is 45.4 Å². The molecule has 1 aromatic heterocycles. The zero-order valence-electron chi connectivity index (χ0n) is 16.2. The first-order valence-corrected chi connectivity index (χ1v) is 12.4. The van der Waals surface area contributed by atoms with Crippen LogP contribution in [-0.2, 0) is 6.42 Å². The van der Waals surface area contributed by atoms with Gasteiger partial charge in [0.2, 0.25) is 0 Å². The second kappa shape index (κ2) is 5.60. The molecule has 1 saturated heterocycles. The van der Waals surface area contributed by atoms with Crippen molar-refractivity contribution in [3.63, 3.8) is 0 Å². The first-order valence-electron chi connectivity index (χ1n) is 9.37. The predicted octanol–water partition coefficient (Wildman–Crippen LogP) is 3.56. The summed E-state index contributed by atoms with van der Waals surface area (Å²) in [6, 6.07) is 5.83. The average molecular weight is 351 g/mol. The summed E-state index contributed by atoms with van der Waals surface area (Å²) in [6.07, 6.45) is 1.91. The second-order valence-corrected chi connectivity index (χ2v) is 12.5. The quantitative estimate of drug-likeness (QED) is 0.582. The first kappa shape index (κ1) is 15.0. The number of aryl methyl sites for hydroxylation is 1. The van der Waals surface area contributed by atoms with Gasteiger partial charge in [0.05, 0.1) is 30.5 Å². The molecule has 0 spiro atoms. The Bertz CT molecular complexity index is 977. The van der Waals surface area contributed by atoms with Gasteiger partial charge in [-0.1, -0.05) is 32.5 Å². The fourth-order valence-corrected chi connectivity index (χ4v) is 3.92. The number of amides is 1. The molecule has 1 aromatic carbocycles. The van der Waals surface area contributed by atoms with Crippen LogP contribution in [0, 0.1) is 11.5 Å². The van der Waals surface area contributed by atoms with Crippen molar-refractivity contribution in [3.05, 3.63) is 47.0 Å². The van der Waals surface area contributed by atoms with Crippen molar-refractivity contribution in [1.82, 2.24) is 14.5 Å². The highest BCUT2D eigenvalue weighted by Gasteiger charge is 2.40. The minimum absolute atomic E-state index is 0.0354. The SMILES string of the molecule is [2H]c1nc(CC)n2c1[C@@H]1CCN1C(=O)c1cc(C#C[Si](C)(C)C)ccc1-2. The van der Waals surface area contributed by atoms with E-state index in [0.29, 0.717) is 11.7 Å². The topological polar surface area (TPSA) is 38.1 Å². The Hall–Kier alpha value is -2.32. The summed E-state index contributed by atoms with van der Waals surface area (Å²) < 4.78 is 10.4. The molecule has 3 heterocycles. The number of carbonyl (C=O) groups excluding carboxylic acids is 1. The maximum atomic E-state index is 13.1. The molecule has 1 fully saturated rings. The zero-order chi connectivity index (χ0) is 18.6. The standard InChI is InChI=1S/C20H23N3OSi/c1-5-19-21-13-18-17-8-10-22(17)20(24)15-12-14(9-11-25(2,3)4)6-7-16(15)23(18)19/h6-7,12-13,17H,5,8,10H2,1-4H3/t17-/m0/s1/i13D. The lowest BCUT2D eigenvalue weighted by Gasteiger charge is -2.39. The van der Waals surface area contributed by atoms with Crippen LogP contribution >= 0.6 is 0 Å². The highest BCUT2D eigenvalue weighted by molar-refractivity contribution is 6.83. The summed E-state index contributed by atoms with van der Waals surface area (Å²) >= 11 is 0. The molecule has 4 nitrogen and oxygen atoms in total. The molecule has 0 unspecified atom stereocenters. The Morgan fingerprint density at radius 2 is 2.20 bits per heavy atom. The molecule has 0 saturated carbocycles. The number of hydrogen-bond acceptors (Lipinski definition) is 2. The third-order valence-electron chi connectivity index (χ3n) is 4.76. The summed E-state index contributed by atoms with van der Waals surface area (Å²) in [4.78, 5) is 19.4. The smallest absolute Gasteiger partial charge is 0.256 e. The van der Waals surface area contributed by atoms with E-state index in [1.165, 1.54) is 0 Å². The molecule has 1 amide bonds. The van der Waals surface area contributed by atoms with Gasteiger partial charge in [-0.3, -0.25) is 9.36 Å². The van der Waals surface area contributed by atoms with Gasteiger partial charge in [0.25, 0.3) is 5.91 Å². The molecular formula is C20H23N3OSi. The van der Waals surface area contributed by atoms with Gasteiger partial charge in [-0.25, -0.2) is 4.98 Å². The summed E-state index contributed by atoms with van der Waals surface area (Å²) in [5.74, 6) is 4.14. The molecule has 128 valence electrons. The van der Waals surface area contributed by atoms with Crippen molar-refractivity contribution >= 4 is 14.0 Å². The number of carbonyl (C=O) groups is 1. The number of rotatable bonds is 1. The van der Waals surface area contributed by atoms with Gasteiger partial charge >= 0.3 is 0 Å². The van der Waals surface area contributed by atoms with Gasteiger partial charge in [0, 0.05) is 18.5 Å². The fourth-order valence-electron chi connectivity index (χ4n) is 3.40. The van der Waals surface area contributed by atoms with E-state index in [0.717, 1.165) is 42.2 Å². The van der Waals surface area contributed by atoms with E-state index >= 15 is 0 Å². The Morgan fingerprint density at radius 3 is 2.84 bits per heavy atom. The molecule has 0 radical (unpaired) electrons. The van der Waals surface area contributed by atoms with E-state index in [9.17, 15) is 4.79 Å². The number of aromatic nitrogens is 2. The van der Waals surface area contributed by atoms with Crippen LogP contribution in [0.25, 0.3) is 5.69 Å².